The number of benzene rings is 1. The number of carbonyl (C=O) groups is 1. The van der Waals surface area contributed by atoms with E-state index in [0.717, 1.165) is 0 Å². The Hall–Kier alpha value is -1.35. The molecule has 0 aliphatic rings. The summed E-state index contributed by atoms with van der Waals surface area (Å²) in [5.74, 6) is -1.51. The van der Waals surface area contributed by atoms with E-state index in [2.05, 4.69) is 4.74 Å². The van der Waals surface area contributed by atoms with E-state index in [0.29, 0.717) is 0 Å². The predicted molar refractivity (Wildman–Crippen MR) is 52.6 cm³/mol. The van der Waals surface area contributed by atoms with E-state index in [1.165, 1.54) is 24.3 Å². The van der Waals surface area contributed by atoms with Crippen LogP contribution in [0.4, 0.5) is 0 Å². The lowest BCUT2D eigenvalue weighted by Gasteiger charge is -2.12. The third-order valence-electron chi connectivity index (χ3n) is 1.54. The molecule has 1 unspecified atom stereocenters. The lowest BCUT2D eigenvalue weighted by atomic mass is 10.1. The van der Waals surface area contributed by atoms with Gasteiger partial charge in [0.15, 0.2) is 6.10 Å². The average molecular weight is 201 g/mol. The molecule has 14 heavy (non-hydrogen) atoms. The van der Waals surface area contributed by atoms with E-state index in [1.54, 1.807) is 6.07 Å². The summed E-state index contributed by atoms with van der Waals surface area (Å²) >= 11 is 0. The molecule has 3 nitrogen and oxygen atoms in total. The maximum Gasteiger partial charge on any atom is 0.339 e. The van der Waals surface area contributed by atoms with Crippen LogP contribution in [0.25, 0.3) is 0 Å². The van der Waals surface area contributed by atoms with E-state index in [-0.39, 0.29) is 5.56 Å². The summed E-state index contributed by atoms with van der Waals surface area (Å²) in [5, 5.41) is 9.76. The second-order valence-corrected chi connectivity index (χ2v) is 2.56. The normalized spacial score (nSPS) is 22.5. The van der Waals surface area contributed by atoms with Gasteiger partial charge in [0.1, 0.15) is 0 Å². The number of carbonyl (C=O) groups excluding carboxylic acids is 1. The highest BCUT2D eigenvalue weighted by molar-refractivity contribution is 5.76. The molecule has 1 aromatic carbocycles. The summed E-state index contributed by atoms with van der Waals surface area (Å²) in [7, 11) is 0. The zero-order valence-electron chi connectivity index (χ0n) is 14.2. The minimum Gasteiger partial charge on any atom is -0.461 e. The van der Waals surface area contributed by atoms with Gasteiger partial charge in [0, 0.05) is 8.22 Å². The molecule has 1 N–H and O–H groups in total. The maximum atomic E-state index is 11.8. The highest BCUT2D eigenvalue weighted by Gasteiger charge is 2.19. The molecule has 76 valence electrons. The molecular formula is C11H14O3. The topological polar surface area (TPSA) is 46.5 Å². The molecule has 1 atom stereocenters. The second kappa shape index (κ2) is 4.77. The van der Waals surface area contributed by atoms with Crippen molar-refractivity contribution in [2.45, 2.75) is 25.9 Å². The van der Waals surface area contributed by atoms with Crippen LogP contribution in [-0.4, -0.2) is 17.2 Å². The van der Waals surface area contributed by atoms with E-state index in [1.807, 2.05) is 0 Å². The van der Waals surface area contributed by atoms with Crippen LogP contribution in [0.1, 0.15) is 35.0 Å². The fraction of sp³-hybridized carbons (Fsp3) is 0.364. The van der Waals surface area contributed by atoms with E-state index < -0.39 is 31.9 Å². The molecule has 3 heteroatoms. The standard InChI is InChI=1S/C11H14O3/c1-8(2)14-11(13)10(12)9-6-4-3-5-7-9/h3-8,10,12H,1-2H3/i1D3,2D3,8D. The van der Waals surface area contributed by atoms with E-state index in [9.17, 15) is 9.90 Å². The first kappa shape index (κ1) is 4.45. The molecule has 0 saturated heterocycles. The molecule has 0 saturated carbocycles. The number of aliphatic hydroxyl groups excluding tert-OH is 1. The molecule has 0 aromatic heterocycles. The second-order valence-electron chi connectivity index (χ2n) is 2.56. The van der Waals surface area contributed by atoms with Crippen LogP contribution < -0.4 is 0 Å². The molecule has 1 aromatic rings. The lowest BCUT2D eigenvalue weighted by Crippen LogP contribution is -2.19. The zero-order chi connectivity index (χ0) is 16.5. The van der Waals surface area contributed by atoms with Gasteiger partial charge in [-0.2, -0.15) is 0 Å². The van der Waals surface area contributed by atoms with Crippen molar-refractivity contribution < 1.29 is 24.2 Å². The van der Waals surface area contributed by atoms with Gasteiger partial charge in [-0.05, 0) is 19.3 Å². The van der Waals surface area contributed by atoms with Gasteiger partial charge in [-0.1, -0.05) is 30.3 Å². The Morgan fingerprint density at radius 3 is 2.71 bits per heavy atom. The smallest absolute Gasteiger partial charge is 0.339 e. The Balaban J connectivity index is 3.03. The average Bonchev–Trinajstić information content (AvgIpc) is 2.36. The quantitative estimate of drug-likeness (QED) is 0.757. The van der Waals surface area contributed by atoms with Crippen LogP contribution in [0.5, 0.6) is 0 Å². The Labute approximate surface area is 93.2 Å². The third-order valence-corrected chi connectivity index (χ3v) is 1.54. The summed E-state index contributed by atoms with van der Waals surface area (Å²) in [4.78, 5) is 11.8. The van der Waals surface area contributed by atoms with E-state index >= 15 is 0 Å². The van der Waals surface area contributed by atoms with Gasteiger partial charge in [-0.15, -0.1) is 0 Å². The predicted octanol–water partition coefficient (Wildman–Crippen LogP) is 1.67. The number of aliphatic hydroxyl groups is 1. The molecule has 0 spiro atoms. The fourth-order valence-electron chi connectivity index (χ4n) is 0.928. The molecule has 0 aliphatic heterocycles. The SMILES string of the molecule is [2H]C([2H])([2H])C([2H])(OC(=O)C(O)c1ccccc1)C([2H])([2H])[2H]. The number of ether oxygens (including phenoxy) is 1. The van der Waals surface area contributed by atoms with Crippen molar-refractivity contribution in [1.82, 2.24) is 0 Å². The first-order valence-electron chi connectivity index (χ1n) is 7.36. The molecule has 0 radical (unpaired) electrons. The highest BCUT2D eigenvalue weighted by atomic mass is 16.6. The van der Waals surface area contributed by atoms with Crippen molar-refractivity contribution in [2.75, 3.05) is 0 Å². The van der Waals surface area contributed by atoms with Crippen molar-refractivity contribution >= 4 is 5.97 Å². The van der Waals surface area contributed by atoms with Crippen LogP contribution in [-0.2, 0) is 9.53 Å². The summed E-state index contributed by atoms with van der Waals surface area (Å²) in [6.45, 7) is -6.80. The molecule has 0 aliphatic carbocycles. The van der Waals surface area contributed by atoms with Gasteiger partial charge in [0.25, 0.3) is 0 Å². The van der Waals surface area contributed by atoms with Gasteiger partial charge >= 0.3 is 5.97 Å². The van der Waals surface area contributed by atoms with Crippen LogP contribution in [0, 0.1) is 0 Å². The third kappa shape index (κ3) is 2.85. The number of esters is 1. The summed E-state index contributed by atoms with van der Waals surface area (Å²) in [5.41, 5.74) is 0.0981. The fourth-order valence-corrected chi connectivity index (χ4v) is 0.928. The van der Waals surface area contributed by atoms with Crippen LogP contribution in [0.2, 0.25) is 0 Å². The first-order valence-corrected chi connectivity index (χ1v) is 3.86. The molecule has 1 rings (SSSR count). The molecule has 0 heterocycles. The number of hydrogen-bond donors (Lipinski definition) is 1. The van der Waals surface area contributed by atoms with Crippen LogP contribution in [0.15, 0.2) is 30.3 Å². The first-order chi connectivity index (χ1) is 9.40. The van der Waals surface area contributed by atoms with E-state index in [4.69, 9.17) is 9.60 Å². The number of hydrogen-bond acceptors (Lipinski definition) is 3. The Morgan fingerprint density at radius 1 is 1.50 bits per heavy atom. The van der Waals surface area contributed by atoms with Crippen LogP contribution >= 0.6 is 0 Å². The number of rotatable bonds is 3. The molecule has 0 fully saturated rings. The highest BCUT2D eigenvalue weighted by Crippen LogP contribution is 2.14. The molecule has 0 bridgehead atoms. The monoisotopic (exact) mass is 201 g/mol. The molecular weight excluding hydrogens is 180 g/mol. The maximum absolute atomic E-state index is 11.8. The summed E-state index contributed by atoms with van der Waals surface area (Å²) in [6, 6.07) is 7.42. The Morgan fingerprint density at radius 2 is 2.14 bits per heavy atom. The van der Waals surface area contributed by atoms with Crippen molar-refractivity contribution in [1.29, 1.82) is 0 Å². The zero-order valence-corrected chi connectivity index (χ0v) is 7.23. The minimum atomic E-state index is -3.45. The van der Waals surface area contributed by atoms with Gasteiger partial charge in [0.2, 0.25) is 0 Å². The largest absolute Gasteiger partial charge is 0.461 e. The minimum absolute atomic E-state index is 0.0981. The van der Waals surface area contributed by atoms with Crippen molar-refractivity contribution in [3.05, 3.63) is 35.9 Å². The van der Waals surface area contributed by atoms with Crippen molar-refractivity contribution in [3.8, 4) is 0 Å². The summed E-state index contributed by atoms with van der Waals surface area (Å²) in [6.07, 6.45) is -5.33. The van der Waals surface area contributed by atoms with Gasteiger partial charge in [-0.25, -0.2) is 4.79 Å². The van der Waals surface area contributed by atoms with Crippen LogP contribution in [0.3, 0.4) is 0 Å². The lowest BCUT2D eigenvalue weighted by molar-refractivity contribution is -0.157. The van der Waals surface area contributed by atoms with Gasteiger partial charge in [-0.3, -0.25) is 0 Å². The van der Waals surface area contributed by atoms with Crippen molar-refractivity contribution in [3.63, 3.8) is 0 Å². The Bertz CT molecular complexity index is 481. The molecule has 0 amide bonds. The van der Waals surface area contributed by atoms with Gasteiger partial charge < -0.3 is 9.84 Å². The summed E-state index contributed by atoms with van der Waals surface area (Å²) < 4.78 is 54.5. The van der Waals surface area contributed by atoms with Gasteiger partial charge in [0.05, 0.1) is 7.45 Å². The van der Waals surface area contributed by atoms with Crippen molar-refractivity contribution in [2.24, 2.45) is 0 Å². The Kier molecular flexibility index (Phi) is 1.51.